The average molecular weight is 274 g/mol. The van der Waals surface area contributed by atoms with Crippen LogP contribution in [0.1, 0.15) is 0 Å². The topological polar surface area (TPSA) is 101 Å². The number of carbonyl (C=O) groups is 1. The first-order valence-corrected chi connectivity index (χ1v) is 6.48. The van der Waals surface area contributed by atoms with Crippen LogP contribution >= 0.6 is 0 Å². The molecule has 8 heteroatoms. The van der Waals surface area contributed by atoms with E-state index in [1.807, 2.05) is 0 Å². The van der Waals surface area contributed by atoms with Gasteiger partial charge in [-0.05, 0) is 24.3 Å². The number of sulfonamides is 1. The Morgan fingerprint density at radius 2 is 1.83 bits per heavy atom. The maximum atomic E-state index is 13.5. The highest BCUT2D eigenvalue weighted by molar-refractivity contribution is 7.89. The molecule has 1 aliphatic rings. The summed E-state index contributed by atoms with van der Waals surface area (Å²) >= 11 is 0. The number of carboxylic acid groups (broad SMARTS) is 1. The van der Waals surface area contributed by atoms with E-state index in [0.717, 1.165) is 4.31 Å². The van der Waals surface area contributed by atoms with Gasteiger partial charge in [-0.25, -0.2) is 17.6 Å². The highest BCUT2D eigenvalue weighted by Crippen LogP contribution is 2.31. The van der Waals surface area contributed by atoms with Gasteiger partial charge in [0.1, 0.15) is 0 Å². The monoisotopic (exact) mass is 274 g/mol. The van der Waals surface area contributed by atoms with E-state index in [0.29, 0.717) is 5.69 Å². The molecule has 1 aliphatic heterocycles. The van der Waals surface area contributed by atoms with Crippen LogP contribution < -0.4 is 5.73 Å². The Hall–Kier alpha value is -1.67. The molecule has 18 heavy (non-hydrogen) atoms. The molecule has 3 N–H and O–H groups in total. The minimum atomic E-state index is -3.85. The van der Waals surface area contributed by atoms with Crippen molar-refractivity contribution in [1.29, 1.82) is 0 Å². The molecule has 0 spiro atoms. The Morgan fingerprint density at radius 3 is 2.28 bits per heavy atom. The van der Waals surface area contributed by atoms with Crippen molar-refractivity contribution in [1.82, 2.24) is 4.31 Å². The molecule has 0 radical (unpaired) electrons. The number of hydrogen-bond donors (Lipinski definition) is 2. The molecule has 0 saturated carbocycles. The lowest BCUT2D eigenvalue weighted by molar-refractivity contribution is -0.158. The van der Waals surface area contributed by atoms with Gasteiger partial charge >= 0.3 is 5.97 Å². The summed E-state index contributed by atoms with van der Waals surface area (Å²) in [6.45, 7) is -1.34. The lowest BCUT2D eigenvalue weighted by atomic mass is 10.0. The molecule has 0 aromatic heterocycles. The summed E-state index contributed by atoms with van der Waals surface area (Å²) in [5.41, 5.74) is 3.35. The Kier molecular flexibility index (Phi) is 2.78. The summed E-state index contributed by atoms with van der Waals surface area (Å²) in [4.78, 5) is 10.5. The molecule has 1 aromatic rings. The number of halogens is 1. The van der Waals surface area contributed by atoms with Crippen LogP contribution in [0.4, 0.5) is 10.1 Å². The standard InChI is InChI=1S/C10H11FN2O4S/c11-10(9(14)15)5-13(6-10)18(16,17)8-3-1-7(12)2-4-8/h1-4H,5-6,12H2,(H,14,15). The molecule has 2 rings (SSSR count). The number of benzene rings is 1. The second-order valence-corrected chi connectivity index (χ2v) is 6.05. The molecule has 0 bridgehead atoms. The molecule has 1 heterocycles. The van der Waals surface area contributed by atoms with E-state index in [-0.39, 0.29) is 4.90 Å². The fourth-order valence-corrected chi connectivity index (χ4v) is 3.13. The van der Waals surface area contributed by atoms with Crippen LogP contribution in [0.5, 0.6) is 0 Å². The molecular weight excluding hydrogens is 263 g/mol. The number of rotatable bonds is 3. The Balaban J connectivity index is 2.20. The van der Waals surface area contributed by atoms with Crippen molar-refractivity contribution in [3.8, 4) is 0 Å². The minimum Gasteiger partial charge on any atom is -0.479 e. The largest absolute Gasteiger partial charge is 0.479 e. The van der Waals surface area contributed by atoms with E-state index in [9.17, 15) is 17.6 Å². The lowest BCUT2D eigenvalue weighted by Gasteiger charge is -2.40. The fraction of sp³-hybridized carbons (Fsp3) is 0.300. The van der Waals surface area contributed by atoms with Crippen molar-refractivity contribution in [2.75, 3.05) is 18.8 Å². The fourth-order valence-electron chi connectivity index (χ4n) is 1.61. The van der Waals surface area contributed by atoms with Gasteiger partial charge in [0.15, 0.2) is 0 Å². The zero-order chi connectivity index (χ0) is 13.6. The van der Waals surface area contributed by atoms with Gasteiger partial charge < -0.3 is 10.8 Å². The van der Waals surface area contributed by atoms with E-state index in [1.165, 1.54) is 24.3 Å². The molecule has 1 fully saturated rings. The smallest absolute Gasteiger partial charge is 0.344 e. The second kappa shape index (κ2) is 3.92. The summed E-state index contributed by atoms with van der Waals surface area (Å²) < 4.78 is 38.2. The Labute approximate surface area is 103 Å². The van der Waals surface area contributed by atoms with Crippen LogP contribution in [0, 0.1) is 0 Å². The quantitative estimate of drug-likeness (QED) is 0.759. The maximum Gasteiger partial charge on any atom is 0.344 e. The van der Waals surface area contributed by atoms with Crippen LogP contribution in [0.2, 0.25) is 0 Å². The number of hydrogen-bond acceptors (Lipinski definition) is 4. The molecule has 1 saturated heterocycles. The van der Waals surface area contributed by atoms with Crippen LogP contribution in [-0.4, -0.2) is 42.6 Å². The number of carboxylic acids is 1. The van der Waals surface area contributed by atoms with Crippen LogP contribution in [0.15, 0.2) is 29.2 Å². The molecule has 1 aromatic carbocycles. The van der Waals surface area contributed by atoms with Crippen molar-refractivity contribution in [3.63, 3.8) is 0 Å². The zero-order valence-electron chi connectivity index (χ0n) is 9.21. The molecule has 6 nitrogen and oxygen atoms in total. The van der Waals surface area contributed by atoms with Crippen LogP contribution in [0.25, 0.3) is 0 Å². The predicted octanol–water partition coefficient (Wildman–Crippen LogP) is 0.0660. The Bertz CT molecular complexity index is 578. The summed E-state index contributed by atoms with van der Waals surface area (Å²) in [7, 11) is -3.85. The molecule has 0 atom stereocenters. The van der Waals surface area contributed by atoms with Crippen LogP contribution in [-0.2, 0) is 14.8 Å². The van der Waals surface area contributed by atoms with Crippen molar-refractivity contribution >= 4 is 21.7 Å². The van der Waals surface area contributed by atoms with Gasteiger partial charge in [0.05, 0.1) is 18.0 Å². The van der Waals surface area contributed by atoms with Gasteiger partial charge in [-0.1, -0.05) is 0 Å². The summed E-state index contributed by atoms with van der Waals surface area (Å²) in [5, 5.41) is 8.57. The number of alkyl halides is 1. The van der Waals surface area contributed by atoms with E-state index in [4.69, 9.17) is 10.8 Å². The summed E-state index contributed by atoms with van der Waals surface area (Å²) in [6.07, 6.45) is 0. The van der Waals surface area contributed by atoms with Gasteiger partial charge in [0.25, 0.3) is 0 Å². The molecule has 0 unspecified atom stereocenters. The minimum absolute atomic E-state index is 0.0378. The number of nitrogens with two attached hydrogens (primary N) is 1. The summed E-state index contributed by atoms with van der Waals surface area (Å²) in [5.74, 6) is -1.65. The van der Waals surface area contributed by atoms with E-state index in [2.05, 4.69) is 0 Å². The third-order valence-corrected chi connectivity index (χ3v) is 4.56. The predicted molar refractivity (Wildman–Crippen MR) is 61.1 cm³/mol. The number of nitrogen functional groups attached to an aromatic ring is 1. The van der Waals surface area contributed by atoms with Crippen molar-refractivity contribution in [3.05, 3.63) is 24.3 Å². The SMILES string of the molecule is Nc1ccc(S(=O)(=O)N2CC(F)(C(=O)O)C2)cc1. The van der Waals surface area contributed by atoms with Crippen molar-refractivity contribution in [2.45, 2.75) is 10.6 Å². The summed E-state index contributed by atoms with van der Waals surface area (Å²) in [6, 6.07) is 5.41. The van der Waals surface area contributed by atoms with Gasteiger partial charge in [0, 0.05) is 5.69 Å². The number of aliphatic carboxylic acids is 1. The van der Waals surface area contributed by atoms with Crippen LogP contribution in [0.3, 0.4) is 0 Å². The molecule has 0 aliphatic carbocycles. The highest BCUT2D eigenvalue weighted by atomic mass is 32.2. The van der Waals surface area contributed by atoms with Gasteiger partial charge in [0.2, 0.25) is 15.7 Å². The molecule has 0 amide bonds. The average Bonchev–Trinajstić information content (AvgIpc) is 2.25. The Morgan fingerprint density at radius 1 is 1.33 bits per heavy atom. The first-order chi connectivity index (χ1) is 8.25. The number of nitrogens with zero attached hydrogens (tertiary/aromatic N) is 1. The van der Waals surface area contributed by atoms with Crippen molar-refractivity contribution in [2.24, 2.45) is 0 Å². The van der Waals surface area contributed by atoms with Gasteiger partial charge in [-0.2, -0.15) is 4.31 Å². The lowest BCUT2D eigenvalue weighted by Crippen LogP contribution is -2.64. The first-order valence-electron chi connectivity index (χ1n) is 5.04. The second-order valence-electron chi connectivity index (χ2n) is 4.11. The van der Waals surface area contributed by atoms with Crippen molar-refractivity contribution < 1.29 is 22.7 Å². The van der Waals surface area contributed by atoms with E-state index < -0.39 is 34.8 Å². The van der Waals surface area contributed by atoms with Gasteiger partial charge in [-0.15, -0.1) is 0 Å². The van der Waals surface area contributed by atoms with E-state index >= 15 is 0 Å². The third-order valence-electron chi connectivity index (χ3n) is 2.76. The molecular formula is C10H11FN2O4S. The maximum absolute atomic E-state index is 13.5. The first kappa shape index (κ1) is 12.8. The van der Waals surface area contributed by atoms with Gasteiger partial charge in [-0.3, -0.25) is 0 Å². The molecule has 98 valence electrons. The normalized spacial score (nSPS) is 19.2. The zero-order valence-corrected chi connectivity index (χ0v) is 10.0. The third kappa shape index (κ3) is 1.93. The highest BCUT2D eigenvalue weighted by Gasteiger charge is 2.54. The van der Waals surface area contributed by atoms with E-state index in [1.54, 1.807) is 0 Å². The number of anilines is 1.